The molecular formula is C17H25IN4OS. The molecular weight excluding hydrogens is 435 g/mol. The minimum absolute atomic E-state index is 0. The molecule has 1 aromatic heterocycles. The van der Waals surface area contributed by atoms with Crippen molar-refractivity contribution >= 4 is 41.3 Å². The van der Waals surface area contributed by atoms with Gasteiger partial charge in [0.15, 0.2) is 5.96 Å². The quantitative estimate of drug-likeness (QED) is 0.379. The number of aryl methyl sites for hydroxylation is 1. The highest BCUT2D eigenvalue weighted by atomic mass is 127. The second kappa shape index (κ2) is 11.4. The molecule has 0 aliphatic heterocycles. The van der Waals surface area contributed by atoms with E-state index in [1.165, 1.54) is 4.88 Å². The molecule has 7 heteroatoms. The Balaban J connectivity index is 0.00000288. The first kappa shape index (κ1) is 20.9. The molecule has 0 saturated heterocycles. The van der Waals surface area contributed by atoms with Crippen molar-refractivity contribution in [3.8, 4) is 0 Å². The zero-order chi connectivity index (χ0) is 16.5. The Hall–Kier alpha value is -1.19. The maximum absolute atomic E-state index is 5.55. The molecule has 2 aromatic rings. The van der Waals surface area contributed by atoms with Gasteiger partial charge in [-0.05, 0) is 12.5 Å². The van der Waals surface area contributed by atoms with Crippen LogP contribution < -0.4 is 10.6 Å². The van der Waals surface area contributed by atoms with E-state index in [2.05, 4.69) is 39.7 Å². The summed E-state index contributed by atoms with van der Waals surface area (Å²) >= 11 is 1.73. The van der Waals surface area contributed by atoms with Crippen LogP contribution in [-0.2, 0) is 11.2 Å². The number of ether oxygens (including phenoxy) is 1. The molecule has 5 nitrogen and oxygen atoms in total. The van der Waals surface area contributed by atoms with Gasteiger partial charge >= 0.3 is 0 Å². The van der Waals surface area contributed by atoms with Crippen LogP contribution in [-0.4, -0.2) is 38.2 Å². The number of benzene rings is 1. The van der Waals surface area contributed by atoms with Crippen LogP contribution in [0.3, 0.4) is 0 Å². The van der Waals surface area contributed by atoms with Gasteiger partial charge in [-0.1, -0.05) is 30.3 Å². The van der Waals surface area contributed by atoms with E-state index in [1.807, 2.05) is 24.4 Å². The molecule has 0 saturated carbocycles. The van der Waals surface area contributed by atoms with E-state index in [4.69, 9.17) is 4.74 Å². The summed E-state index contributed by atoms with van der Waals surface area (Å²) in [6, 6.07) is 10.2. The molecule has 0 fully saturated rings. The monoisotopic (exact) mass is 460 g/mol. The molecule has 0 spiro atoms. The molecule has 0 aliphatic rings. The lowest BCUT2D eigenvalue weighted by Crippen LogP contribution is -2.40. The fourth-order valence-corrected chi connectivity index (χ4v) is 3.01. The van der Waals surface area contributed by atoms with Crippen molar-refractivity contribution in [2.24, 2.45) is 4.99 Å². The average Bonchev–Trinajstić information content (AvgIpc) is 3.00. The smallest absolute Gasteiger partial charge is 0.191 e. The Morgan fingerprint density at radius 2 is 2.04 bits per heavy atom. The summed E-state index contributed by atoms with van der Waals surface area (Å²) in [4.78, 5) is 9.85. The van der Waals surface area contributed by atoms with Crippen molar-refractivity contribution in [3.05, 3.63) is 52.0 Å². The predicted octanol–water partition coefficient (Wildman–Crippen LogP) is 3.16. The molecule has 132 valence electrons. The summed E-state index contributed by atoms with van der Waals surface area (Å²) in [5.74, 6) is 0.774. The molecule has 1 unspecified atom stereocenters. The number of thiazole rings is 1. The summed E-state index contributed by atoms with van der Waals surface area (Å²) in [7, 11) is 3.49. The Morgan fingerprint density at radius 1 is 1.29 bits per heavy atom. The maximum Gasteiger partial charge on any atom is 0.191 e. The van der Waals surface area contributed by atoms with E-state index in [1.54, 1.807) is 25.5 Å². The van der Waals surface area contributed by atoms with Gasteiger partial charge in [-0.25, -0.2) is 4.98 Å². The van der Waals surface area contributed by atoms with Gasteiger partial charge in [-0.2, -0.15) is 0 Å². The summed E-state index contributed by atoms with van der Waals surface area (Å²) < 4.78 is 5.55. The van der Waals surface area contributed by atoms with Gasteiger partial charge in [0.1, 0.15) is 0 Å². The average molecular weight is 460 g/mol. The summed E-state index contributed by atoms with van der Waals surface area (Å²) in [6.45, 7) is 3.54. The molecule has 0 radical (unpaired) electrons. The second-order valence-electron chi connectivity index (χ2n) is 5.13. The van der Waals surface area contributed by atoms with Crippen LogP contribution in [0.1, 0.15) is 21.6 Å². The van der Waals surface area contributed by atoms with Gasteiger partial charge in [0, 0.05) is 44.7 Å². The molecule has 0 bridgehead atoms. The zero-order valence-electron chi connectivity index (χ0n) is 14.3. The molecule has 2 rings (SSSR count). The highest BCUT2D eigenvalue weighted by molar-refractivity contribution is 14.0. The SMILES string of the molecule is CN=C(NCCc1ncc(C)s1)NCC(OC)c1ccccc1.I. The lowest BCUT2D eigenvalue weighted by Gasteiger charge is -2.18. The van der Waals surface area contributed by atoms with E-state index in [0.717, 1.165) is 29.5 Å². The van der Waals surface area contributed by atoms with Crippen molar-refractivity contribution < 1.29 is 4.74 Å². The zero-order valence-corrected chi connectivity index (χ0v) is 17.4. The Morgan fingerprint density at radius 3 is 2.62 bits per heavy atom. The number of nitrogens with zero attached hydrogens (tertiary/aromatic N) is 2. The maximum atomic E-state index is 5.55. The third-order valence-corrected chi connectivity index (χ3v) is 4.41. The Kier molecular flexibility index (Phi) is 9.89. The van der Waals surface area contributed by atoms with Crippen molar-refractivity contribution in [3.63, 3.8) is 0 Å². The second-order valence-corrected chi connectivity index (χ2v) is 6.45. The summed E-state index contributed by atoms with van der Waals surface area (Å²) in [5.41, 5.74) is 1.15. The van der Waals surface area contributed by atoms with Crippen molar-refractivity contribution in [1.29, 1.82) is 0 Å². The van der Waals surface area contributed by atoms with Crippen molar-refractivity contribution in [2.45, 2.75) is 19.4 Å². The number of hydrogen-bond donors (Lipinski definition) is 2. The number of aliphatic imine (C=N–C) groups is 1. The fraction of sp³-hybridized carbons (Fsp3) is 0.412. The van der Waals surface area contributed by atoms with E-state index in [9.17, 15) is 0 Å². The van der Waals surface area contributed by atoms with Gasteiger partial charge in [0.05, 0.1) is 11.1 Å². The van der Waals surface area contributed by atoms with Crippen molar-refractivity contribution in [2.75, 3.05) is 27.2 Å². The van der Waals surface area contributed by atoms with Crippen molar-refractivity contribution in [1.82, 2.24) is 15.6 Å². The number of aromatic nitrogens is 1. The van der Waals surface area contributed by atoms with Crippen LogP contribution in [0, 0.1) is 6.92 Å². The van der Waals surface area contributed by atoms with Crippen LogP contribution >= 0.6 is 35.3 Å². The van der Waals surface area contributed by atoms with Crippen LogP contribution in [0.2, 0.25) is 0 Å². The van der Waals surface area contributed by atoms with Crippen LogP contribution in [0.15, 0.2) is 41.5 Å². The van der Waals surface area contributed by atoms with E-state index < -0.39 is 0 Å². The summed E-state index contributed by atoms with van der Waals surface area (Å²) in [5, 5.41) is 7.76. The lowest BCUT2D eigenvalue weighted by atomic mass is 10.1. The fourth-order valence-electron chi connectivity index (χ4n) is 2.22. The van der Waals surface area contributed by atoms with E-state index >= 15 is 0 Å². The minimum atomic E-state index is -0.00337. The van der Waals surface area contributed by atoms with Gasteiger partial charge in [0.25, 0.3) is 0 Å². The number of methoxy groups -OCH3 is 1. The highest BCUT2D eigenvalue weighted by Gasteiger charge is 2.10. The number of hydrogen-bond acceptors (Lipinski definition) is 4. The standard InChI is InChI=1S/C17H24N4OS.HI/c1-13-11-20-16(23-13)9-10-19-17(18-2)21-12-15(22-3)14-7-5-4-6-8-14;/h4-8,11,15H,9-10,12H2,1-3H3,(H2,18,19,21);1H. The lowest BCUT2D eigenvalue weighted by molar-refractivity contribution is 0.106. The normalized spacial score (nSPS) is 12.4. The highest BCUT2D eigenvalue weighted by Crippen LogP contribution is 2.14. The van der Waals surface area contributed by atoms with Crippen LogP contribution in [0.5, 0.6) is 0 Å². The molecule has 0 amide bonds. The first-order valence-corrected chi connectivity index (χ1v) is 8.48. The number of guanidine groups is 1. The van der Waals surface area contributed by atoms with E-state index in [0.29, 0.717) is 6.54 Å². The van der Waals surface area contributed by atoms with Gasteiger partial charge in [-0.3, -0.25) is 4.99 Å². The number of nitrogens with one attached hydrogen (secondary N) is 2. The first-order valence-electron chi connectivity index (χ1n) is 7.66. The molecule has 1 atom stereocenters. The number of rotatable bonds is 7. The van der Waals surface area contributed by atoms with Crippen LogP contribution in [0.4, 0.5) is 0 Å². The predicted molar refractivity (Wildman–Crippen MR) is 112 cm³/mol. The van der Waals surface area contributed by atoms with Gasteiger partial charge in [0.2, 0.25) is 0 Å². The first-order chi connectivity index (χ1) is 11.2. The molecule has 2 N–H and O–H groups in total. The third kappa shape index (κ3) is 6.74. The third-order valence-electron chi connectivity index (χ3n) is 3.43. The topological polar surface area (TPSA) is 58.5 Å². The summed E-state index contributed by atoms with van der Waals surface area (Å²) in [6.07, 6.45) is 2.80. The van der Waals surface area contributed by atoms with E-state index in [-0.39, 0.29) is 30.1 Å². The Labute approximate surface area is 165 Å². The molecule has 1 heterocycles. The molecule has 0 aliphatic carbocycles. The molecule has 24 heavy (non-hydrogen) atoms. The Bertz CT molecular complexity index is 618. The van der Waals surface area contributed by atoms with Gasteiger partial charge in [-0.15, -0.1) is 35.3 Å². The van der Waals surface area contributed by atoms with Crippen LogP contribution in [0.25, 0.3) is 0 Å². The van der Waals surface area contributed by atoms with Gasteiger partial charge < -0.3 is 15.4 Å². The largest absolute Gasteiger partial charge is 0.375 e. The number of halogens is 1. The molecule has 1 aromatic carbocycles. The minimum Gasteiger partial charge on any atom is -0.375 e.